The number of hydrogen-bond donors (Lipinski definition) is 1. The monoisotopic (exact) mass is 405 g/mol. The largest absolute Gasteiger partial charge is 0.395 e. The number of aliphatic hydroxyl groups is 1. The number of fused-ring (bicyclic) bond motifs is 1. The molecule has 0 aliphatic carbocycles. The molecule has 1 amide bonds. The van der Waals surface area contributed by atoms with Gasteiger partial charge in [-0.2, -0.15) is 0 Å². The minimum Gasteiger partial charge on any atom is -0.395 e. The molecule has 2 aliphatic heterocycles. The maximum absolute atomic E-state index is 13.0. The molecular weight excluding hydrogens is 374 g/mol. The average Bonchev–Trinajstić information content (AvgIpc) is 2.74. The number of nitrogens with zero attached hydrogens (tertiary/aromatic N) is 3. The van der Waals surface area contributed by atoms with Crippen LogP contribution >= 0.6 is 0 Å². The second-order valence-corrected chi connectivity index (χ2v) is 8.33. The Labute approximate surface area is 179 Å². The molecular formula is C25H31N3O2. The number of benzene rings is 1. The summed E-state index contributed by atoms with van der Waals surface area (Å²) in [5.74, 6) is 0.418. The number of allylic oxidation sites excluding steroid dienone is 1. The summed E-state index contributed by atoms with van der Waals surface area (Å²) in [5.41, 5.74) is 3.40. The topological polar surface area (TPSA) is 56.7 Å². The second kappa shape index (κ2) is 9.54. The van der Waals surface area contributed by atoms with Gasteiger partial charge in [0.05, 0.1) is 13.0 Å². The minimum atomic E-state index is 0.135. The van der Waals surface area contributed by atoms with Gasteiger partial charge in [-0.25, -0.2) is 0 Å². The number of carbonyl (C=O) groups is 1. The first-order chi connectivity index (χ1) is 14.7. The van der Waals surface area contributed by atoms with Gasteiger partial charge in [0.25, 0.3) is 0 Å². The lowest BCUT2D eigenvalue weighted by Gasteiger charge is -2.57. The van der Waals surface area contributed by atoms with E-state index in [0.29, 0.717) is 6.42 Å². The molecule has 4 rings (SSSR count). The normalized spacial score (nSPS) is 24.7. The quantitative estimate of drug-likeness (QED) is 0.831. The van der Waals surface area contributed by atoms with Crippen molar-refractivity contribution in [1.29, 1.82) is 0 Å². The summed E-state index contributed by atoms with van der Waals surface area (Å²) in [6.07, 6.45) is 10.1. The smallest absolute Gasteiger partial charge is 0.227 e. The van der Waals surface area contributed by atoms with Gasteiger partial charge in [-0.15, -0.1) is 0 Å². The van der Waals surface area contributed by atoms with E-state index in [4.69, 9.17) is 0 Å². The van der Waals surface area contributed by atoms with E-state index >= 15 is 0 Å². The second-order valence-electron chi connectivity index (χ2n) is 8.33. The van der Waals surface area contributed by atoms with E-state index in [0.717, 1.165) is 38.0 Å². The zero-order valence-corrected chi connectivity index (χ0v) is 17.7. The molecule has 158 valence electrons. The van der Waals surface area contributed by atoms with Crippen molar-refractivity contribution in [2.24, 2.45) is 0 Å². The molecule has 2 fully saturated rings. The maximum atomic E-state index is 13.0. The molecule has 30 heavy (non-hydrogen) atoms. The number of aliphatic hydroxyl groups excluding tert-OH is 1. The number of rotatable bonds is 5. The molecule has 0 radical (unpaired) electrons. The van der Waals surface area contributed by atoms with Gasteiger partial charge in [-0.1, -0.05) is 42.5 Å². The minimum absolute atomic E-state index is 0.135. The lowest BCUT2D eigenvalue weighted by molar-refractivity contribution is -0.135. The Morgan fingerprint density at radius 3 is 2.70 bits per heavy atom. The molecule has 0 spiro atoms. The molecule has 2 saturated heterocycles. The zero-order chi connectivity index (χ0) is 20.9. The van der Waals surface area contributed by atoms with Gasteiger partial charge in [-0.05, 0) is 49.1 Å². The van der Waals surface area contributed by atoms with E-state index < -0.39 is 0 Å². The maximum Gasteiger partial charge on any atom is 0.227 e. The van der Waals surface area contributed by atoms with Crippen LogP contribution in [-0.2, 0) is 11.2 Å². The first kappa shape index (κ1) is 20.8. The van der Waals surface area contributed by atoms with Crippen LogP contribution in [0.25, 0.3) is 6.08 Å². The standard InChI is InChI=1S/C25H31N3O2/c1-2-6-19-8-10-21(11-9-19)25-22-17-27(13-3-4-14-28(22)23(25)18-29)24(30)15-20-7-5-12-26-16-20/h2,5-12,16,22-23,25,29H,3-4,13-15,17-18H2,1H3/t22-,23-,25-/m0/s1. The highest BCUT2D eigenvalue weighted by atomic mass is 16.3. The predicted octanol–water partition coefficient (Wildman–Crippen LogP) is 3.11. The zero-order valence-electron chi connectivity index (χ0n) is 17.7. The van der Waals surface area contributed by atoms with Crippen LogP contribution in [0.4, 0.5) is 0 Å². The summed E-state index contributed by atoms with van der Waals surface area (Å²) >= 11 is 0. The molecule has 5 nitrogen and oxygen atoms in total. The molecule has 1 N–H and O–H groups in total. The van der Waals surface area contributed by atoms with E-state index in [2.05, 4.69) is 40.2 Å². The molecule has 2 aromatic rings. The van der Waals surface area contributed by atoms with Crippen molar-refractivity contribution in [3.63, 3.8) is 0 Å². The van der Waals surface area contributed by atoms with E-state index in [-0.39, 0.29) is 30.5 Å². The Bertz CT molecular complexity index is 866. The highest BCUT2D eigenvalue weighted by molar-refractivity contribution is 5.78. The fourth-order valence-corrected chi connectivity index (χ4v) is 4.98. The van der Waals surface area contributed by atoms with Crippen LogP contribution in [-0.4, -0.2) is 64.1 Å². The Kier molecular flexibility index (Phi) is 6.60. The summed E-state index contributed by atoms with van der Waals surface area (Å²) < 4.78 is 0. The lowest BCUT2D eigenvalue weighted by atomic mass is 9.74. The Balaban J connectivity index is 1.52. The summed E-state index contributed by atoms with van der Waals surface area (Å²) in [5, 5.41) is 10.1. The molecule has 3 heterocycles. The highest BCUT2D eigenvalue weighted by Gasteiger charge is 2.49. The van der Waals surface area contributed by atoms with Gasteiger partial charge in [0.1, 0.15) is 0 Å². The van der Waals surface area contributed by atoms with Crippen LogP contribution in [0.15, 0.2) is 54.9 Å². The van der Waals surface area contributed by atoms with Gasteiger partial charge in [-0.3, -0.25) is 14.7 Å². The third-order valence-electron chi connectivity index (χ3n) is 6.48. The molecule has 0 saturated carbocycles. The Hall–Kier alpha value is -2.50. The number of hydrogen-bond acceptors (Lipinski definition) is 4. The summed E-state index contributed by atoms with van der Waals surface area (Å²) in [7, 11) is 0. The summed E-state index contributed by atoms with van der Waals surface area (Å²) in [6.45, 7) is 4.69. The SMILES string of the molecule is CC=Cc1ccc([C@@H]2[C@H](CO)N3CCCCN(C(=O)Cc4cccnc4)C[C@@H]23)cc1. The number of pyridine rings is 1. The van der Waals surface area contributed by atoms with Crippen molar-refractivity contribution in [1.82, 2.24) is 14.8 Å². The van der Waals surface area contributed by atoms with Gasteiger partial charge < -0.3 is 10.0 Å². The van der Waals surface area contributed by atoms with Crippen molar-refractivity contribution in [2.75, 3.05) is 26.2 Å². The Morgan fingerprint density at radius 2 is 2.00 bits per heavy atom. The summed E-state index contributed by atoms with van der Waals surface area (Å²) in [6, 6.07) is 12.9. The van der Waals surface area contributed by atoms with Crippen LogP contribution in [0, 0.1) is 0 Å². The fraction of sp³-hybridized carbons (Fsp3) is 0.440. The van der Waals surface area contributed by atoms with Crippen molar-refractivity contribution in [3.05, 3.63) is 71.6 Å². The van der Waals surface area contributed by atoms with Crippen LogP contribution in [0.2, 0.25) is 0 Å². The molecule has 1 aromatic heterocycles. The van der Waals surface area contributed by atoms with Gasteiger partial charge in [0.15, 0.2) is 0 Å². The molecule has 1 aromatic carbocycles. The van der Waals surface area contributed by atoms with Crippen molar-refractivity contribution in [3.8, 4) is 0 Å². The molecule has 3 atom stereocenters. The number of aromatic nitrogens is 1. The first-order valence-electron chi connectivity index (χ1n) is 11.0. The molecule has 2 aliphatic rings. The Morgan fingerprint density at radius 1 is 1.20 bits per heavy atom. The fourth-order valence-electron chi connectivity index (χ4n) is 4.98. The van der Waals surface area contributed by atoms with E-state index in [1.807, 2.05) is 30.0 Å². The number of carbonyl (C=O) groups excluding carboxylic acids is 1. The number of amides is 1. The third-order valence-corrected chi connectivity index (χ3v) is 6.48. The average molecular weight is 406 g/mol. The van der Waals surface area contributed by atoms with Crippen molar-refractivity contribution >= 4 is 12.0 Å². The van der Waals surface area contributed by atoms with Crippen LogP contribution in [0.3, 0.4) is 0 Å². The van der Waals surface area contributed by atoms with E-state index in [1.54, 1.807) is 12.4 Å². The predicted molar refractivity (Wildman–Crippen MR) is 119 cm³/mol. The first-order valence-corrected chi connectivity index (χ1v) is 11.0. The van der Waals surface area contributed by atoms with Gasteiger partial charge >= 0.3 is 0 Å². The summed E-state index contributed by atoms with van der Waals surface area (Å²) in [4.78, 5) is 21.6. The van der Waals surface area contributed by atoms with Crippen LogP contribution < -0.4 is 0 Å². The van der Waals surface area contributed by atoms with Crippen LogP contribution in [0.1, 0.15) is 42.4 Å². The molecule has 0 bridgehead atoms. The van der Waals surface area contributed by atoms with E-state index in [9.17, 15) is 9.90 Å². The third kappa shape index (κ3) is 4.32. The lowest BCUT2D eigenvalue weighted by Crippen LogP contribution is -2.68. The van der Waals surface area contributed by atoms with Crippen LogP contribution in [0.5, 0.6) is 0 Å². The van der Waals surface area contributed by atoms with Crippen molar-refractivity contribution < 1.29 is 9.90 Å². The molecule has 0 unspecified atom stereocenters. The van der Waals surface area contributed by atoms with Gasteiger partial charge in [0.2, 0.25) is 5.91 Å². The molecule has 5 heteroatoms. The van der Waals surface area contributed by atoms with Crippen molar-refractivity contribution in [2.45, 2.75) is 44.2 Å². The van der Waals surface area contributed by atoms with E-state index in [1.165, 1.54) is 11.1 Å². The van der Waals surface area contributed by atoms with Gasteiger partial charge in [0, 0.05) is 43.5 Å². The highest BCUT2D eigenvalue weighted by Crippen LogP contribution is 2.42.